The molecule has 0 bridgehead atoms. The third-order valence-electron chi connectivity index (χ3n) is 4.33. The molecule has 0 spiro atoms. The van der Waals surface area contributed by atoms with Crippen LogP contribution in [0.3, 0.4) is 0 Å². The summed E-state index contributed by atoms with van der Waals surface area (Å²) in [6, 6.07) is 2.64. The van der Waals surface area contributed by atoms with E-state index in [1.165, 1.54) is 25.7 Å². The highest BCUT2D eigenvalue weighted by Crippen LogP contribution is 2.28. The van der Waals surface area contributed by atoms with Crippen LogP contribution in [0, 0.1) is 0 Å². The molecule has 3 rings (SSSR count). The topological polar surface area (TPSA) is 68.7 Å². The number of guanidine groups is 1. The minimum Gasteiger partial charge on any atom is -0.375 e. The molecule has 1 saturated carbocycles. The second kappa shape index (κ2) is 8.14. The van der Waals surface area contributed by atoms with Crippen LogP contribution in [-0.4, -0.2) is 46.4 Å². The Hall–Kier alpha value is -0.830. The first-order valence-electron chi connectivity index (χ1n) is 7.93. The monoisotopic (exact) mass is 419 g/mol. The number of aromatic nitrogens is 2. The predicted molar refractivity (Wildman–Crippen MR) is 97.5 cm³/mol. The van der Waals surface area contributed by atoms with Crippen molar-refractivity contribution in [3.05, 3.63) is 18.0 Å². The van der Waals surface area contributed by atoms with E-state index in [0.29, 0.717) is 25.2 Å². The van der Waals surface area contributed by atoms with Crippen molar-refractivity contribution in [3.63, 3.8) is 0 Å². The minimum absolute atomic E-state index is 0. The van der Waals surface area contributed by atoms with Gasteiger partial charge in [-0.1, -0.05) is 12.8 Å². The maximum atomic E-state index is 6.07. The molecule has 6 nitrogen and oxygen atoms in total. The van der Waals surface area contributed by atoms with Gasteiger partial charge in [-0.05, 0) is 25.8 Å². The largest absolute Gasteiger partial charge is 0.375 e. The van der Waals surface area contributed by atoms with Crippen LogP contribution < -0.4 is 5.73 Å². The fourth-order valence-corrected chi connectivity index (χ4v) is 3.12. The van der Waals surface area contributed by atoms with Crippen molar-refractivity contribution in [2.24, 2.45) is 10.7 Å². The molecule has 1 atom stereocenters. The summed E-state index contributed by atoms with van der Waals surface area (Å²) in [4.78, 5) is 6.57. The van der Waals surface area contributed by atoms with Crippen LogP contribution in [-0.2, 0) is 11.3 Å². The highest BCUT2D eigenvalue weighted by atomic mass is 127. The zero-order chi connectivity index (χ0) is 14.7. The van der Waals surface area contributed by atoms with Gasteiger partial charge in [-0.25, -0.2) is 4.99 Å². The number of halogens is 1. The molecule has 22 heavy (non-hydrogen) atoms. The van der Waals surface area contributed by atoms with Crippen LogP contribution in [0.25, 0.3) is 0 Å². The Labute approximate surface area is 149 Å². The van der Waals surface area contributed by atoms with Crippen molar-refractivity contribution in [2.45, 2.75) is 51.3 Å². The quantitative estimate of drug-likeness (QED) is 0.463. The molecule has 1 aliphatic carbocycles. The first-order chi connectivity index (χ1) is 10.2. The zero-order valence-electron chi connectivity index (χ0n) is 13.1. The molecule has 1 saturated heterocycles. The van der Waals surface area contributed by atoms with Gasteiger partial charge in [0.25, 0.3) is 0 Å². The minimum atomic E-state index is 0. The molecule has 0 amide bonds. The van der Waals surface area contributed by atoms with E-state index < -0.39 is 0 Å². The second-order valence-electron chi connectivity index (χ2n) is 6.03. The van der Waals surface area contributed by atoms with Crippen molar-refractivity contribution in [1.29, 1.82) is 0 Å². The average Bonchev–Trinajstić information content (AvgIpc) is 3.15. The van der Waals surface area contributed by atoms with Crippen LogP contribution in [0.1, 0.15) is 44.3 Å². The maximum Gasteiger partial charge on any atom is 0.191 e. The van der Waals surface area contributed by atoms with Crippen molar-refractivity contribution in [1.82, 2.24) is 14.7 Å². The van der Waals surface area contributed by atoms with Crippen LogP contribution in [0.2, 0.25) is 0 Å². The molecular weight excluding hydrogens is 393 g/mol. The standard InChI is InChI=1S/C15H25N5O.HI/c1-12-11-19(8-9-21-12)15(16)17-10-13-6-7-20(18-13)14-4-2-3-5-14;/h6-7,12,14H,2-5,8-11H2,1H3,(H2,16,17);1H. The molecule has 1 unspecified atom stereocenters. The van der Waals surface area contributed by atoms with E-state index in [1.807, 2.05) is 0 Å². The Morgan fingerprint density at radius 1 is 1.45 bits per heavy atom. The number of morpholine rings is 1. The van der Waals surface area contributed by atoms with E-state index in [1.54, 1.807) is 0 Å². The van der Waals surface area contributed by atoms with Gasteiger partial charge in [-0.15, -0.1) is 24.0 Å². The third-order valence-corrected chi connectivity index (χ3v) is 4.33. The predicted octanol–water partition coefficient (Wildman–Crippen LogP) is 2.15. The van der Waals surface area contributed by atoms with E-state index in [2.05, 4.69) is 38.9 Å². The maximum absolute atomic E-state index is 6.07. The van der Waals surface area contributed by atoms with Crippen LogP contribution in [0.4, 0.5) is 0 Å². The highest BCUT2D eigenvalue weighted by Gasteiger charge is 2.19. The Morgan fingerprint density at radius 3 is 2.95 bits per heavy atom. The summed E-state index contributed by atoms with van der Waals surface area (Å²) in [7, 11) is 0. The van der Waals surface area contributed by atoms with E-state index in [-0.39, 0.29) is 30.1 Å². The molecule has 124 valence electrons. The summed E-state index contributed by atoms with van der Waals surface area (Å²) >= 11 is 0. The number of nitrogens with zero attached hydrogens (tertiary/aromatic N) is 4. The summed E-state index contributed by atoms with van der Waals surface area (Å²) in [5, 5.41) is 4.64. The van der Waals surface area contributed by atoms with Gasteiger partial charge in [-0.2, -0.15) is 5.10 Å². The molecule has 1 aromatic heterocycles. The molecule has 2 fully saturated rings. The summed E-state index contributed by atoms with van der Waals surface area (Å²) in [6.45, 7) is 4.95. The zero-order valence-corrected chi connectivity index (χ0v) is 15.5. The van der Waals surface area contributed by atoms with E-state index in [4.69, 9.17) is 10.5 Å². The molecule has 2 N–H and O–H groups in total. The number of ether oxygens (including phenoxy) is 1. The smallest absolute Gasteiger partial charge is 0.191 e. The van der Waals surface area contributed by atoms with Crippen molar-refractivity contribution in [2.75, 3.05) is 19.7 Å². The van der Waals surface area contributed by atoms with Gasteiger partial charge < -0.3 is 15.4 Å². The van der Waals surface area contributed by atoms with Gasteiger partial charge in [0.15, 0.2) is 5.96 Å². The SMILES string of the molecule is CC1CN(C(N)=NCc2ccn(C3CCCC3)n2)CCO1.I. The lowest BCUT2D eigenvalue weighted by molar-refractivity contribution is 0.00528. The number of hydrogen-bond acceptors (Lipinski definition) is 3. The van der Waals surface area contributed by atoms with E-state index in [9.17, 15) is 0 Å². The van der Waals surface area contributed by atoms with E-state index in [0.717, 1.165) is 18.8 Å². The molecule has 1 aromatic rings. The fraction of sp³-hybridized carbons (Fsp3) is 0.733. The fourth-order valence-electron chi connectivity index (χ4n) is 3.12. The normalized spacial score (nSPS) is 23.6. The lowest BCUT2D eigenvalue weighted by atomic mass is 10.3. The molecule has 2 heterocycles. The van der Waals surface area contributed by atoms with Gasteiger partial charge in [0.05, 0.1) is 31.0 Å². The van der Waals surface area contributed by atoms with Gasteiger partial charge in [0.1, 0.15) is 0 Å². The Morgan fingerprint density at radius 2 is 2.23 bits per heavy atom. The van der Waals surface area contributed by atoms with Crippen LogP contribution >= 0.6 is 24.0 Å². The molecule has 0 aromatic carbocycles. The molecule has 7 heteroatoms. The Balaban J connectivity index is 0.00000176. The molecule has 0 radical (unpaired) electrons. The second-order valence-corrected chi connectivity index (χ2v) is 6.03. The van der Waals surface area contributed by atoms with Crippen molar-refractivity contribution in [3.8, 4) is 0 Å². The van der Waals surface area contributed by atoms with E-state index >= 15 is 0 Å². The first kappa shape index (κ1) is 17.5. The van der Waals surface area contributed by atoms with Crippen LogP contribution in [0.5, 0.6) is 0 Å². The number of nitrogens with two attached hydrogens (primary N) is 1. The summed E-state index contributed by atoms with van der Waals surface area (Å²) in [6.07, 6.45) is 7.43. The van der Waals surface area contributed by atoms with Gasteiger partial charge in [0.2, 0.25) is 0 Å². The molecular formula is C15H26IN5O. The first-order valence-corrected chi connectivity index (χ1v) is 7.93. The molecule has 1 aliphatic heterocycles. The average molecular weight is 419 g/mol. The highest BCUT2D eigenvalue weighted by molar-refractivity contribution is 14.0. The summed E-state index contributed by atoms with van der Waals surface area (Å²) in [5.74, 6) is 0.598. The van der Waals surface area contributed by atoms with Crippen molar-refractivity contribution < 1.29 is 4.74 Å². The molecule has 2 aliphatic rings. The number of aliphatic imine (C=N–C) groups is 1. The van der Waals surface area contributed by atoms with Gasteiger partial charge in [0, 0.05) is 19.3 Å². The number of hydrogen-bond donors (Lipinski definition) is 1. The number of rotatable bonds is 3. The summed E-state index contributed by atoms with van der Waals surface area (Å²) in [5.41, 5.74) is 7.07. The Bertz CT molecular complexity index is 498. The summed E-state index contributed by atoms with van der Waals surface area (Å²) < 4.78 is 7.62. The van der Waals surface area contributed by atoms with Gasteiger partial charge in [-0.3, -0.25) is 4.68 Å². The Kier molecular flexibility index (Phi) is 6.49. The van der Waals surface area contributed by atoms with Crippen LogP contribution in [0.15, 0.2) is 17.3 Å². The lowest BCUT2D eigenvalue weighted by Gasteiger charge is -2.31. The van der Waals surface area contributed by atoms with Crippen molar-refractivity contribution >= 4 is 29.9 Å². The lowest BCUT2D eigenvalue weighted by Crippen LogP contribution is -2.47. The third kappa shape index (κ3) is 4.34. The van der Waals surface area contributed by atoms with Gasteiger partial charge >= 0.3 is 0 Å².